The molecule has 2 rings (SSSR count). The Labute approximate surface area is 104 Å². The minimum absolute atomic E-state index is 0.186. The number of methoxy groups -OCH3 is 1. The second-order valence-corrected chi connectivity index (χ2v) is 4.77. The second-order valence-electron chi connectivity index (χ2n) is 3.39. The van der Waals surface area contributed by atoms with Gasteiger partial charge in [-0.2, -0.15) is 0 Å². The van der Waals surface area contributed by atoms with E-state index in [-0.39, 0.29) is 6.04 Å². The van der Waals surface area contributed by atoms with Gasteiger partial charge in [-0.05, 0) is 29.1 Å². The van der Waals surface area contributed by atoms with E-state index in [1.807, 2.05) is 35.7 Å². The molecule has 2 aromatic rings. The van der Waals surface area contributed by atoms with Gasteiger partial charge in [-0.3, -0.25) is 0 Å². The van der Waals surface area contributed by atoms with Crippen LogP contribution >= 0.6 is 22.9 Å². The average Bonchev–Trinajstić information content (AvgIpc) is 2.76. The predicted molar refractivity (Wildman–Crippen MR) is 68.4 cm³/mol. The van der Waals surface area contributed by atoms with Gasteiger partial charge in [0.25, 0.3) is 0 Å². The Morgan fingerprint density at radius 3 is 2.88 bits per heavy atom. The van der Waals surface area contributed by atoms with Crippen molar-refractivity contribution in [1.82, 2.24) is 0 Å². The van der Waals surface area contributed by atoms with Crippen LogP contribution in [0.4, 0.5) is 0 Å². The fourth-order valence-electron chi connectivity index (χ4n) is 1.56. The predicted octanol–water partition coefficient (Wildman–Crippen LogP) is 3.46. The molecule has 1 atom stereocenters. The zero-order valence-electron chi connectivity index (χ0n) is 8.81. The lowest BCUT2D eigenvalue weighted by atomic mass is 10.1. The molecule has 0 spiro atoms. The van der Waals surface area contributed by atoms with Crippen LogP contribution in [0.2, 0.25) is 5.02 Å². The maximum atomic E-state index is 6.18. The summed E-state index contributed by atoms with van der Waals surface area (Å²) in [5, 5.41) is 2.67. The third-order valence-electron chi connectivity index (χ3n) is 2.37. The number of ether oxygens (including phenoxy) is 1. The van der Waals surface area contributed by atoms with E-state index in [1.54, 1.807) is 18.4 Å². The second kappa shape index (κ2) is 4.87. The molecule has 16 heavy (non-hydrogen) atoms. The third-order valence-corrected chi connectivity index (χ3v) is 3.58. The number of nitrogens with two attached hydrogens (primary N) is 1. The molecule has 0 aliphatic carbocycles. The maximum Gasteiger partial charge on any atom is 0.134 e. The van der Waals surface area contributed by atoms with Gasteiger partial charge >= 0.3 is 0 Å². The molecule has 1 unspecified atom stereocenters. The molecule has 2 nitrogen and oxygen atoms in total. The van der Waals surface area contributed by atoms with Gasteiger partial charge in [0.15, 0.2) is 0 Å². The molecule has 1 heterocycles. The van der Waals surface area contributed by atoms with Crippen LogP contribution in [-0.2, 0) is 0 Å². The third kappa shape index (κ3) is 2.21. The molecular weight excluding hydrogens is 242 g/mol. The first-order valence-electron chi connectivity index (χ1n) is 4.85. The van der Waals surface area contributed by atoms with Gasteiger partial charge in [-0.1, -0.05) is 23.7 Å². The standard InChI is InChI=1S/C12H12ClNOS/c1-15-10-5-6-16-12(10)11(14)8-3-2-4-9(13)7-8/h2-7,11H,14H2,1H3. The highest BCUT2D eigenvalue weighted by atomic mass is 35.5. The maximum absolute atomic E-state index is 6.18. The van der Waals surface area contributed by atoms with Crippen LogP contribution in [0.5, 0.6) is 5.75 Å². The lowest BCUT2D eigenvalue weighted by Gasteiger charge is -2.12. The van der Waals surface area contributed by atoms with Crippen molar-refractivity contribution in [3.8, 4) is 5.75 Å². The van der Waals surface area contributed by atoms with Gasteiger partial charge in [-0.25, -0.2) is 0 Å². The van der Waals surface area contributed by atoms with E-state index in [1.165, 1.54) is 0 Å². The highest BCUT2D eigenvalue weighted by Gasteiger charge is 2.15. The molecule has 2 N–H and O–H groups in total. The van der Waals surface area contributed by atoms with Gasteiger partial charge in [0, 0.05) is 5.02 Å². The first-order chi connectivity index (χ1) is 7.72. The zero-order chi connectivity index (χ0) is 11.5. The van der Waals surface area contributed by atoms with Crippen LogP contribution in [0.25, 0.3) is 0 Å². The summed E-state index contributed by atoms with van der Waals surface area (Å²) in [6, 6.07) is 9.32. The van der Waals surface area contributed by atoms with Gasteiger partial charge in [0.1, 0.15) is 5.75 Å². The minimum atomic E-state index is -0.186. The van der Waals surface area contributed by atoms with E-state index in [4.69, 9.17) is 22.1 Å². The fraction of sp³-hybridized carbons (Fsp3) is 0.167. The molecule has 0 aliphatic heterocycles. The van der Waals surface area contributed by atoms with Gasteiger partial charge in [0.2, 0.25) is 0 Å². The van der Waals surface area contributed by atoms with Crippen LogP contribution in [-0.4, -0.2) is 7.11 Å². The van der Waals surface area contributed by atoms with Crippen LogP contribution in [0.15, 0.2) is 35.7 Å². The van der Waals surface area contributed by atoms with E-state index >= 15 is 0 Å². The summed E-state index contributed by atoms with van der Waals surface area (Å²) in [4.78, 5) is 1.02. The molecule has 0 fully saturated rings. The van der Waals surface area contributed by atoms with Gasteiger partial charge in [0.05, 0.1) is 18.0 Å². The molecule has 1 aromatic carbocycles. The summed E-state index contributed by atoms with van der Waals surface area (Å²) in [5.41, 5.74) is 7.17. The van der Waals surface area contributed by atoms with Crippen LogP contribution in [0.3, 0.4) is 0 Å². The molecule has 0 aliphatic rings. The van der Waals surface area contributed by atoms with E-state index in [0.717, 1.165) is 16.2 Å². The number of hydrogen-bond acceptors (Lipinski definition) is 3. The molecule has 4 heteroatoms. The van der Waals surface area contributed by atoms with Gasteiger partial charge < -0.3 is 10.5 Å². The molecule has 0 radical (unpaired) electrons. The van der Waals surface area contributed by atoms with E-state index < -0.39 is 0 Å². The molecule has 1 aromatic heterocycles. The van der Waals surface area contributed by atoms with Crippen molar-refractivity contribution in [1.29, 1.82) is 0 Å². The van der Waals surface area contributed by atoms with Crippen molar-refractivity contribution in [3.63, 3.8) is 0 Å². The van der Waals surface area contributed by atoms with Crippen molar-refractivity contribution in [2.75, 3.05) is 7.11 Å². The summed E-state index contributed by atoms with van der Waals surface area (Å²) in [5.74, 6) is 0.831. The highest BCUT2D eigenvalue weighted by molar-refractivity contribution is 7.10. The largest absolute Gasteiger partial charge is 0.496 e. The van der Waals surface area contributed by atoms with Crippen molar-refractivity contribution < 1.29 is 4.74 Å². The normalized spacial score (nSPS) is 12.4. The summed E-state index contributed by atoms with van der Waals surface area (Å²) < 4.78 is 5.26. The Morgan fingerprint density at radius 2 is 2.19 bits per heavy atom. The molecule has 84 valence electrons. The molecule has 0 saturated carbocycles. The number of halogens is 1. The molecular formula is C12H12ClNOS. The monoisotopic (exact) mass is 253 g/mol. The fourth-order valence-corrected chi connectivity index (χ4v) is 2.64. The van der Waals surface area contributed by atoms with Crippen LogP contribution < -0.4 is 10.5 Å². The Kier molecular flexibility index (Phi) is 3.49. The summed E-state index contributed by atoms with van der Waals surface area (Å²) in [6.45, 7) is 0. The van der Waals surface area contributed by atoms with E-state index in [2.05, 4.69) is 0 Å². The van der Waals surface area contributed by atoms with Crippen LogP contribution in [0.1, 0.15) is 16.5 Å². The van der Waals surface area contributed by atoms with E-state index in [9.17, 15) is 0 Å². The Bertz CT molecular complexity index is 483. The molecule has 0 amide bonds. The Hall–Kier alpha value is -1.03. The van der Waals surface area contributed by atoms with Crippen molar-refractivity contribution in [2.24, 2.45) is 5.73 Å². The number of thiophene rings is 1. The average molecular weight is 254 g/mol. The lowest BCUT2D eigenvalue weighted by Crippen LogP contribution is -2.11. The minimum Gasteiger partial charge on any atom is -0.496 e. The number of benzene rings is 1. The number of hydrogen-bond donors (Lipinski definition) is 1. The van der Waals surface area contributed by atoms with Crippen LogP contribution in [0, 0.1) is 0 Å². The lowest BCUT2D eigenvalue weighted by molar-refractivity contribution is 0.411. The molecule has 0 bridgehead atoms. The summed E-state index contributed by atoms with van der Waals surface area (Å²) in [7, 11) is 1.65. The first-order valence-corrected chi connectivity index (χ1v) is 6.10. The smallest absolute Gasteiger partial charge is 0.134 e. The zero-order valence-corrected chi connectivity index (χ0v) is 10.4. The van der Waals surface area contributed by atoms with Crippen molar-refractivity contribution >= 4 is 22.9 Å². The highest BCUT2D eigenvalue weighted by Crippen LogP contribution is 2.33. The summed E-state index contributed by atoms with van der Waals surface area (Å²) in [6.07, 6.45) is 0. The van der Waals surface area contributed by atoms with Gasteiger partial charge in [-0.15, -0.1) is 11.3 Å². The SMILES string of the molecule is COc1ccsc1C(N)c1cccc(Cl)c1. The topological polar surface area (TPSA) is 35.2 Å². The van der Waals surface area contributed by atoms with Crippen molar-refractivity contribution in [3.05, 3.63) is 51.2 Å². The summed E-state index contributed by atoms with van der Waals surface area (Å²) >= 11 is 7.53. The Morgan fingerprint density at radius 1 is 1.38 bits per heavy atom. The first kappa shape index (κ1) is 11.5. The number of rotatable bonds is 3. The Balaban J connectivity index is 2.35. The quantitative estimate of drug-likeness (QED) is 0.909. The van der Waals surface area contributed by atoms with E-state index in [0.29, 0.717) is 5.02 Å². The van der Waals surface area contributed by atoms with Crippen molar-refractivity contribution in [2.45, 2.75) is 6.04 Å². The molecule has 0 saturated heterocycles.